The van der Waals surface area contributed by atoms with E-state index in [9.17, 15) is 0 Å². The van der Waals surface area contributed by atoms with Gasteiger partial charge in [-0.25, -0.2) is 0 Å². The summed E-state index contributed by atoms with van der Waals surface area (Å²) in [4.78, 5) is 0. The molecule has 0 fully saturated rings. The SMILES string of the molecule is Cc1ccccc1P(C#Cc1ccccc1)c1ccccc1C. The van der Waals surface area contributed by atoms with Gasteiger partial charge in [0.05, 0.1) is 0 Å². The highest BCUT2D eigenvalue weighted by molar-refractivity contribution is 7.77. The van der Waals surface area contributed by atoms with Crippen molar-refractivity contribution in [3.63, 3.8) is 0 Å². The van der Waals surface area contributed by atoms with Crippen LogP contribution in [0, 0.1) is 25.4 Å². The second-order valence-electron chi connectivity index (χ2n) is 5.51. The number of rotatable bonds is 2. The van der Waals surface area contributed by atoms with Gasteiger partial charge in [0, 0.05) is 13.5 Å². The molecule has 0 bridgehead atoms. The average molecular weight is 314 g/mol. The van der Waals surface area contributed by atoms with Gasteiger partial charge >= 0.3 is 0 Å². The van der Waals surface area contributed by atoms with E-state index in [-0.39, 0.29) is 0 Å². The third kappa shape index (κ3) is 3.70. The van der Waals surface area contributed by atoms with Crippen LogP contribution in [-0.4, -0.2) is 0 Å². The van der Waals surface area contributed by atoms with Gasteiger partial charge in [0.1, 0.15) is 0 Å². The Hall–Kier alpha value is -2.35. The van der Waals surface area contributed by atoms with Crippen molar-refractivity contribution in [3.05, 3.63) is 95.6 Å². The fourth-order valence-electron chi connectivity index (χ4n) is 2.52. The van der Waals surface area contributed by atoms with E-state index in [0.717, 1.165) is 5.56 Å². The van der Waals surface area contributed by atoms with Gasteiger partial charge < -0.3 is 0 Å². The molecule has 0 nitrogen and oxygen atoms in total. The molecule has 112 valence electrons. The van der Waals surface area contributed by atoms with Crippen molar-refractivity contribution < 1.29 is 0 Å². The second-order valence-corrected chi connectivity index (χ2v) is 7.37. The summed E-state index contributed by atoms with van der Waals surface area (Å²) in [6, 6.07) is 27.4. The lowest BCUT2D eigenvalue weighted by Gasteiger charge is -2.16. The Morgan fingerprint density at radius 3 is 1.61 bits per heavy atom. The van der Waals surface area contributed by atoms with E-state index in [1.165, 1.54) is 21.7 Å². The zero-order valence-corrected chi connectivity index (χ0v) is 14.3. The van der Waals surface area contributed by atoms with Crippen molar-refractivity contribution in [2.24, 2.45) is 0 Å². The van der Waals surface area contributed by atoms with Crippen molar-refractivity contribution in [2.75, 3.05) is 0 Å². The van der Waals surface area contributed by atoms with Crippen LogP contribution < -0.4 is 10.6 Å². The summed E-state index contributed by atoms with van der Waals surface area (Å²) >= 11 is 0. The summed E-state index contributed by atoms with van der Waals surface area (Å²) in [6.45, 7) is 4.35. The molecule has 0 amide bonds. The molecular formula is C22H19P. The third-order valence-electron chi connectivity index (χ3n) is 3.80. The lowest BCUT2D eigenvalue weighted by Crippen LogP contribution is -2.15. The molecule has 0 saturated heterocycles. The summed E-state index contributed by atoms with van der Waals surface area (Å²) in [5.41, 5.74) is 7.26. The van der Waals surface area contributed by atoms with Gasteiger partial charge in [0.25, 0.3) is 0 Å². The molecule has 0 heterocycles. The standard InChI is InChI=1S/C22H19P/c1-18-10-6-8-14-21(18)23(22-15-9-7-11-19(22)2)17-16-20-12-4-3-5-13-20/h3-15H,1-2H3. The summed E-state index contributed by atoms with van der Waals surface area (Å²) in [7, 11) is -0.677. The van der Waals surface area contributed by atoms with Crippen LogP contribution in [0.4, 0.5) is 0 Å². The highest BCUT2D eigenvalue weighted by Gasteiger charge is 2.15. The monoisotopic (exact) mass is 314 g/mol. The van der Waals surface area contributed by atoms with E-state index < -0.39 is 7.92 Å². The van der Waals surface area contributed by atoms with E-state index >= 15 is 0 Å². The molecule has 3 aromatic rings. The molecule has 0 aliphatic rings. The lowest BCUT2D eigenvalue weighted by atomic mass is 10.2. The molecule has 0 saturated carbocycles. The maximum atomic E-state index is 3.57. The van der Waals surface area contributed by atoms with Crippen molar-refractivity contribution in [1.29, 1.82) is 0 Å². The van der Waals surface area contributed by atoms with E-state index in [0.29, 0.717) is 0 Å². The zero-order valence-electron chi connectivity index (χ0n) is 13.5. The molecule has 0 unspecified atom stereocenters. The number of hydrogen-bond acceptors (Lipinski definition) is 0. The topological polar surface area (TPSA) is 0 Å². The first-order chi connectivity index (χ1) is 11.3. The molecule has 0 aliphatic heterocycles. The Morgan fingerprint density at radius 1 is 0.609 bits per heavy atom. The van der Waals surface area contributed by atoms with Crippen LogP contribution in [0.2, 0.25) is 0 Å². The first kappa shape index (κ1) is 15.5. The van der Waals surface area contributed by atoms with Gasteiger partial charge in [0.2, 0.25) is 0 Å². The second kappa shape index (κ2) is 7.28. The van der Waals surface area contributed by atoms with Gasteiger partial charge in [0.15, 0.2) is 0 Å². The number of hydrogen-bond donors (Lipinski definition) is 0. The van der Waals surface area contributed by atoms with Gasteiger partial charge in [-0.05, 0) is 47.7 Å². The molecule has 0 aliphatic carbocycles. The fourth-order valence-corrected chi connectivity index (χ4v) is 4.59. The van der Waals surface area contributed by atoms with Crippen LogP contribution in [0.1, 0.15) is 16.7 Å². The largest absolute Gasteiger partial charge is 0.0622 e. The number of benzene rings is 3. The van der Waals surface area contributed by atoms with Crippen molar-refractivity contribution in [2.45, 2.75) is 13.8 Å². The molecule has 23 heavy (non-hydrogen) atoms. The third-order valence-corrected chi connectivity index (χ3v) is 6.10. The Balaban J connectivity index is 2.10. The molecular weight excluding hydrogens is 295 g/mol. The summed E-state index contributed by atoms with van der Waals surface area (Å²) in [5, 5.41) is 2.69. The predicted molar refractivity (Wildman–Crippen MR) is 102 cm³/mol. The average Bonchev–Trinajstić information content (AvgIpc) is 2.59. The van der Waals surface area contributed by atoms with Crippen LogP contribution in [-0.2, 0) is 0 Å². The molecule has 0 aromatic heterocycles. The van der Waals surface area contributed by atoms with Crippen molar-refractivity contribution in [1.82, 2.24) is 0 Å². The van der Waals surface area contributed by atoms with E-state index in [4.69, 9.17) is 0 Å². The van der Waals surface area contributed by atoms with Gasteiger partial charge in [-0.1, -0.05) is 78.3 Å². The van der Waals surface area contributed by atoms with Crippen LogP contribution in [0.15, 0.2) is 78.9 Å². The molecule has 0 N–H and O–H groups in total. The Labute approximate surface area is 140 Å². The van der Waals surface area contributed by atoms with Crippen LogP contribution in [0.25, 0.3) is 0 Å². The summed E-state index contributed by atoms with van der Waals surface area (Å²) in [5.74, 6) is 3.37. The quantitative estimate of drug-likeness (QED) is 0.473. The molecule has 0 spiro atoms. The smallest absolute Gasteiger partial charge is 0.0353 e. The Bertz CT molecular complexity index is 808. The number of aryl methyl sites for hydroxylation is 2. The van der Waals surface area contributed by atoms with Crippen molar-refractivity contribution >= 4 is 18.5 Å². The summed E-state index contributed by atoms with van der Waals surface area (Å²) < 4.78 is 0. The van der Waals surface area contributed by atoms with E-state index in [1.807, 2.05) is 18.2 Å². The maximum absolute atomic E-state index is 3.57. The lowest BCUT2D eigenvalue weighted by molar-refractivity contribution is 1.51. The van der Waals surface area contributed by atoms with Gasteiger partial charge in [-0.2, -0.15) is 0 Å². The van der Waals surface area contributed by atoms with E-state index in [2.05, 4.69) is 86.1 Å². The van der Waals surface area contributed by atoms with Gasteiger partial charge in [-0.15, -0.1) is 0 Å². The van der Waals surface area contributed by atoms with Crippen LogP contribution in [0.5, 0.6) is 0 Å². The normalized spacial score (nSPS) is 10.2. The van der Waals surface area contributed by atoms with Crippen LogP contribution in [0.3, 0.4) is 0 Å². The highest BCUT2D eigenvalue weighted by atomic mass is 31.1. The Kier molecular flexibility index (Phi) is 4.92. The maximum Gasteiger partial charge on any atom is 0.0353 e. The first-order valence-electron chi connectivity index (χ1n) is 7.74. The first-order valence-corrected chi connectivity index (χ1v) is 9.08. The fraction of sp³-hybridized carbons (Fsp3) is 0.0909. The molecule has 3 rings (SSSR count). The minimum absolute atomic E-state index is 0.677. The molecule has 0 radical (unpaired) electrons. The summed E-state index contributed by atoms with van der Waals surface area (Å²) in [6.07, 6.45) is 0. The highest BCUT2D eigenvalue weighted by Crippen LogP contribution is 2.34. The molecule has 0 atom stereocenters. The Morgan fingerprint density at radius 2 is 1.09 bits per heavy atom. The van der Waals surface area contributed by atoms with Gasteiger partial charge in [-0.3, -0.25) is 0 Å². The minimum atomic E-state index is -0.677. The zero-order chi connectivity index (χ0) is 16.1. The predicted octanol–water partition coefficient (Wildman–Crippen LogP) is 4.75. The van der Waals surface area contributed by atoms with Crippen molar-refractivity contribution in [3.8, 4) is 11.6 Å². The van der Waals surface area contributed by atoms with E-state index in [1.54, 1.807) is 0 Å². The molecule has 3 aromatic carbocycles. The molecule has 1 heteroatoms. The minimum Gasteiger partial charge on any atom is -0.0622 e. The van der Waals surface area contributed by atoms with Crippen LogP contribution >= 0.6 is 7.92 Å².